The van der Waals surface area contributed by atoms with Crippen LogP contribution in [0.2, 0.25) is 0 Å². The number of hydrogen-bond donors (Lipinski definition) is 1. The van der Waals surface area contributed by atoms with Gasteiger partial charge in [0, 0.05) is 23.3 Å². The van der Waals surface area contributed by atoms with Crippen molar-refractivity contribution in [3.63, 3.8) is 0 Å². The van der Waals surface area contributed by atoms with Crippen molar-refractivity contribution in [1.82, 2.24) is 4.98 Å². The maximum Gasteiger partial charge on any atom is 0.225 e. The summed E-state index contributed by atoms with van der Waals surface area (Å²) in [6.45, 7) is 5.86. The Labute approximate surface area is 156 Å². The minimum Gasteiger partial charge on any atom is -0.441 e. The van der Waals surface area contributed by atoms with E-state index < -0.39 is 0 Å². The molecular weight excluding hydrogens is 346 g/mol. The Hall–Kier alpha value is -2.91. The zero-order valence-corrected chi connectivity index (χ0v) is 15.7. The molecular formula is C20H19N3O2S. The maximum atomic E-state index is 12.2. The number of oxazole rings is 1. The Kier molecular flexibility index (Phi) is 5.19. The molecule has 0 bridgehead atoms. The number of nitriles is 1. The van der Waals surface area contributed by atoms with Crippen LogP contribution in [0.25, 0.3) is 11.3 Å². The van der Waals surface area contributed by atoms with Gasteiger partial charge in [-0.2, -0.15) is 5.26 Å². The van der Waals surface area contributed by atoms with Crippen molar-refractivity contribution in [2.75, 3.05) is 5.32 Å². The molecule has 0 fully saturated rings. The lowest BCUT2D eigenvalue weighted by Crippen LogP contribution is -2.12. The third-order valence-corrected chi connectivity index (χ3v) is 5.33. The average Bonchev–Trinajstić information content (AvgIpc) is 3.19. The van der Waals surface area contributed by atoms with Crippen LogP contribution in [0.4, 0.5) is 5.00 Å². The van der Waals surface area contributed by atoms with Crippen LogP contribution in [0, 0.1) is 32.1 Å². The molecule has 26 heavy (non-hydrogen) atoms. The number of aromatic nitrogens is 1. The standard InChI is InChI=1S/C20H19N3O2S/c1-12-4-6-15(7-5-12)17-11-22-19(25-17)9-8-18(24)23-20-16(10-21)13(2)14(3)26-20/h4-7,11H,8-9H2,1-3H3,(H,23,24). The SMILES string of the molecule is Cc1ccc(-c2cnc(CCC(=O)Nc3sc(C)c(C)c3C#N)o2)cc1. The van der Waals surface area contributed by atoms with Gasteiger partial charge in [0.25, 0.3) is 0 Å². The van der Waals surface area contributed by atoms with E-state index in [1.807, 2.05) is 45.0 Å². The second-order valence-electron chi connectivity index (χ2n) is 6.13. The third kappa shape index (κ3) is 3.84. The van der Waals surface area contributed by atoms with E-state index in [1.165, 1.54) is 16.9 Å². The zero-order chi connectivity index (χ0) is 18.7. The summed E-state index contributed by atoms with van der Waals surface area (Å²) in [6, 6.07) is 10.2. The van der Waals surface area contributed by atoms with Crippen molar-refractivity contribution in [2.24, 2.45) is 0 Å². The lowest BCUT2D eigenvalue weighted by Gasteiger charge is -2.02. The van der Waals surface area contributed by atoms with Crippen LogP contribution < -0.4 is 5.32 Å². The highest BCUT2D eigenvalue weighted by atomic mass is 32.1. The molecule has 0 aliphatic rings. The van der Waals surface area contributed by atoms with Crippen molar-refractivity contribution < 1.29 is 9.21 Å². The number of aryl methyl sites for hydroxylation is 3. The first-order valence-electron chi connectivity index (χ1n) is 8.29. The van der Waals surface area contributed by atoms with Gasteiger partial charge in [-0.05, 0) is 26.3 Å². The summed E-state index contributed by atoms with van der Waals surface area (Å²) in [5.74, 6) is 1.06. The molecule has 1 amide bonds. The van der Waals surface area contributed by atoms with Gasteiger partial charge >= 0.3 is 0 Å². The normalized spacial score (nSPS) is 10.5. The molecule has 2 aromatic heterocycles. The minimum absolute atomic E-state index is 0.155. The highest BCUT2D eigenvalue weighted by Gasteiger charge is 2.15. The molecule has 3 aromatic rings. The van der Waals surface area contributed by atoms with Crippen molar-refractivity contribution in [3.05, 3.63) is 57.9 Å². The van der Waals surface area contributed by atoms with Crippen molar-refractivity contribution in [1.29, 1.82) is 5.26 Å². The third-order valence-electron chi connectivity index (χ3n) is 4.21. The van der Waals surface area contributed by atoms with Gasteiger partial charge in [-0.3, -0.25) is 4.79 Å². The number of thiophene rings is 1. The molecule has 0 unspecified atom stereocenters. The second-order valence-corrected chi connectivity index (χ2v) is 7.36. The number of anilines is 1. The molecule has 0 aliphatic carbocycles. The molecule has 132 valence electrons. The largest absolute Gasteiger partial charge is 0.441 e. The smallest absolute Gasteiger partial charge is 0.225 e. The Morgan fingerprint density at radius 2 is 2.00 bits per heavy atom. The van der Waals surface area contributed by atoms with Crippen LogP contribution in [0.3, 0.4) is 0 Å². The van der Waals surface area contributed by atoms with Crippen LogP contribution in [-0.4, -0.2) is 10.9 Å². The Balaban J connectivity index is 1.61. The lowest BCUT2D eigenvalue weighted by molar-refractivity contribution is -0.116. The molecule has 3 rings (SSSR count). The predicted octanol–water partition coefficient (Wildman–Crippen LogP) is 4.77. The van der Waals surface area contributed by atoms with Crippen LogP contribution in [0.1, 0.15) is 33.9 Å². The first kappa shape index (κ1) is 17.9. The first-order chi connectivity index (χ1) is 12.5. The van der Waals surface area contributed by atoms with Gasteiger partial charge in [-0.25, -0.2) is 4.98 Å². The predicted molar refractivity (Wildman–Crippen MR) is 102 cm³/mol. The Morgan fingerprint density at radius 3 is 2.69 bits per heavy atom. The number of nitrogens with one attached hydrogen (secondary N) is 1. The fourth-order valence-electron chi connectivity index (χ4n) is 2.54. The van der Waals surface area contributed by atoms with Gasteiger partial charge in [0.15, 0.2) is 11.7 Å². The zero-order valence-electron chi connectivity index (χ0n) is 14.9. The van der Waals surface area contributed by atoms with Crippen molar-refractivity contribution in [3.8, 4) is 17.4 Å². The van der Waals surface area contributed by atoms with Gasteiger partial charge < -0.3 is 9.73 Å². The van der Waals surface area contributed by atoms with E-state index >= 15 is 0 Å². The van der Waals surface area contributed by atoms with Crippen LogP contribution in [0.15, 0.2) is 34.9 Å². The van der Waals surface area contributed by atoms with Gasteiger partial charge in [0.1, 0.15) is 11.1 Å². The topological polar surface area (TPSA) is 78.9 Å². The molecule has 0 saturated carbocycles. The minimum atomic E-state index is -0.155. The van der Waals surface area contributed by atoms with Crippen LogP contribution >= 0.6 is 11.3 Å². The lowest BCUT2D eigenvalue weighted by atomic mass is 10.1. The summed E-state index contributed by atoms with van der Waals surface area (Å²) < 4.78 is 5.74. The van der Waals surface area contributed by atoms with E-state index in [9.17, 15) is 10.1 Å². The number of amides is 1. The first-order valence-corrected chi connectivity index (χ1v) is 9.11. The number of hydrogen-bond acceptors (Lipinski definition) is 5. The van der Waals surface area contributed by atoms with Gasteiger partial charge in [0.2, 0.25) is 5.91 Å². The van der Waals surface area contributed by atoms with E-state index in [0.717, 1.165) is 16.0 Å². The number of carbonyl (C=O) groups is 1. The molecule has 2 heterocycles. The van der Waals surface area contributed by atoms with Gasteiger partial charge in [-0.15, -0.1) is 11.3 Å². The maximum absolute atomic E-state index is 12.2. The molecule has 0 atom stereocenters. The Bertz CT molecular complexity index is 978. The van der Waals surface area contributed by atoms with E-state index in [1.54, 1.807) is 6.20 Å². The van der Waals surface area contributed by atoms with Gasteiger partial charge in [0.05, 0.1) is 11.8 Å². The molecule has 1 aromatic carbocycles. The summed E-state index contributed by atoms with van der Waals surface area (Å²) in [7, 11) is 0. The van der Waals surface area contributed by atoms with Crippen molar-refractivity contribution in [2.45, 2.75) is 33.6 Å². The summed E-state index contributed by atoms with van der Waals surface area (Å²) in [4.78, 5) is 17.5. The molecule has 0 spiro atoms. The summed E-state index contributed by atoms with van der Waals surface area (Å²) >= 11 is 1.42. The van der Waals surface area contributed by atoms with Crippen molar-refractivity contribution >= 4 is 22.2 Å². The average molecular weight is 365 g/mol. The summed E-state index contributed by atoms with van der Waals surface area (Å²) in [5.41, 5.74) is 3.60. The molecule has 0 saturated heterocycles. The van der Waals surface area contributed by atoms with Crippen LogP contribution in [-0.2, 0) is 11.2 Å². The Morgan fingerprint density at radius 1 is 1.27 bits per heavy atom. The van der Waals surface area contributed by atoms with Gasteiger partial charge in [-0.1, -0.05) is 29.8 Å². The van der Waals surface area contributed by atoms with E-state index in [2.05, 4.69) is 16.4 Å². The monoisotopic (exact) mass is 365 g/mol. The fraction of sp³-hybridized carbons (Fsp3) is 0.250. The van der Waals surface area contributed by atoms with E-state index in [4.69, 9.17) is 4.42 Å². The van der Waals surface area contributed by atoms with E-state index in [-0.39, 0.29) is 12.3 Å². The highest BCUT2D eigenvalue weighted by molar-refractivity contribution is 7.16. The quantitative estimate of drug-likeness (QED) is 0.706. The molecule has 0 radical (unpaired) electrons. The molecule has 1 N–H and O–H groups in total. The number of rotatable bonds is 5. The molecule has 0 aliphatic heterocycles. The number of carbonyl (C=O) groups excluding carboxylic acids is 1. The second kappa shape index (κ2) is 7.54. The van der Waals surface area contributed by atoms with Crippen LogP contribution in [0.5, 0.6) is 0 Å². The fourth-order valence-corrected chi connectivity index (χ4v) is 3.56. The summed E-state index contributed by atoms with van der Waals surface area (Å²) in [6.07, 6.45) is 2.33. The highest BCUT2D eigenvalue weighted by Crippen LogP contribution is 2.31. The number of benzene rings is 1. The number of nitrogens with zero attached hydrogens (tertiary/aromatic N) is 2. The molecule has 6 heteroatoms. The summed E-state index contributed by atoms with van der Waals surface area (Å²) in [5, 5.41) is 12.7. The molecule has 5 nitrogen and oxygen atoms in total. The van der Waals surface area contributed by atoms with E-state index in [0.29, 0.717) is 28.6 Å².